The smallest absolute Gasteiger partial charge is 0.162 e. The number of hydrogen-bond acceptors (Lipinski definition) is 4. The second-order valence-electron chi connectivity index (χ2n) is 7.30. The van der Waals surface area contributed by atoms with Gasteiger partial charge in [0, 0.05) is 33.7 Å². The number of ether oxygens (including phenoxy) is 1. The minimum Gasteiger partial charge on any atom is -0.381 e. The lowest BCUT2D eigenvalue weighted by atomic mass is 10.1. The van der Waals surface area contributed by atoms with E-state index < -0.39 is 0 Å². The van der Waals surface area contributed by atoms with Crippen LogP contribution in [0.5, 0.6) is 0 Å². The SMILES string of the molecule is C=C1c2c(nc(CCOCCC)n2Cc2ccc(CC)cc2)N(C)C(=C)N1C. The van der Waals surface area contributed by atoms with Gasteiger partial charge in [-0.25, -0.2) is 4.98 Å². The van der Waals surface area contributed by atoms with E-state index in [-0.39, 0.29) is 0 Å². The van der Waals surface area contributed by atoms with Crippen molar-refractivity contribution in [3.8, 4) is 0 Å². The first kappa shape index (κ1) is 20.2. The molecule has 5 heteroatoms. The molecule has 0 saturated heterocycles. The second-order valence-corrected chi connectivity index (χ2v) is 7.30. The fourth-order valence-corrected chi connectivity index (χ4v) is 3.50. The summed E-state index contributed by atoms with van der Waals surface area (Å²) in [7, 11) is 4.01. The lowest BCUT2D eigenvalue weighted by Gasteiger charge is -2.36. The quantitative estimate of drug-likeness (QED) is 0.640. The summed E-state index contributed by atoms with van der Waals surface area (Å²) in [6.07, 6.45) is 2.85. The molecule has 3 rings (SSSR count). The lowest BCUT2D eigenvalue weighted by Crippen LogP contribution is -2.34. The Morgan fingerprint density at radius 3 is 2.29 bits per heavy atom. The number of hydrogen-bond donors (Lipinski definition) is 0. The molecule has 5 nitrogen and oxygen atoms in total. The van der Waals surface area contributed by atoms with E-state index in [4.69, 9.17) is 9.72 Å². The first-order valence-electron chi connectivity index (χ1n) is 10.1. The number of aryl methyl sites for hydroxylation is 1. The molecule has 150 valence electrons. The summed E-state index contributed by atoms with van der Waals surface area (Å²) in [5.74, 6) is 2.82. The summed E-state index contributed by atoms with van der Waals surface area (Å²) in [5, 5.41) is 0. The lowest BCUT2D eigenvalue weighted by molar-refractivity contribution is 0.136. The summed E-state index contributed by atoms with van der Waals surface area (Å²) >= 11 is 0. The highest BCUT2D eigenvalue weighted by Gasteiger charge is 2.31. The van der Waals surface area contributed by atoms with Gasteiger partial charge in [0.15, 0.2) is 5.82 Å². The molecule has 0 spiro atoms. The summed E-state index contributed by atoms with van der Waals surface area (Å²) in [4.78, 5) is 9.02. The number of benzene rings is 1. The van der Waals surface area contributed by atoms with E-state index in [1.54, 1.807) is 0 Å². The second kappa shape index (κ2) is 8.65. The van der Waals surface area contributed by atoms with Crippen LogP contribution in [0.4, 0.5) is 5.82 Å². The molecule has 0 atom stereocenters. The Kier molecular flexibility index (Phi) is 6.25. The van der Waals surface area contributed by atoms with Crippen molar-refractivity contribution >= 4 is 11.5 Å². The molecule has 0 aliphatic carbocycles. The van der Waals surface area contributed by atoms with Gasteiger partial charge in [0.2, 0.25) is 0 Å². The summed E-state index contributed by atoms with van der Waals surface area (Å²) in [5.41, 5.74) is 4.60. The Morgan fingerprint density at radius 1 is 0.964 bits per heavy atom. The maximum absolute atomic E-state index is 5.73. The van der Waals surface area contributed by atoms with Gasteiger partial charge in [-0.2, -0.15) is 0 Å². The van der Waals surface area contributed by atoms with Crippen molar-refractivity contribution in [3.63, 3.8) is 0 Å². The average Bonchev–Trinajstić information content (AvgIpc) is 3.07. The standard InChI is InChI=1S/C23H32N4O/c1-7-14-28-15-13-21-24-23-22(17(3)25(5)18(4)26(23)6)27(21)16-20-11-9-19(8-2)10-12-20/h9-12H,3-4,7-8,13-16H2,1-2,5-6H3. The molecule has 2 aromatic rings. The minimum absolute atomic E-state index is 0.672. The molecule has 0 saturated carbocycles. The van der Waals surface area contributed by atoms with Crippen molar-refractivity contribution < 1.29 is 4.74 Å². The molecular formula is C23H32N4O. The van der Waals surface area contributed by atoms with E-state index in [2.05, 4.69) is 55.8 Å². The van der Waals surface area contributed by atoms with Crippen molar-refractivity contribution in [1.29, 1.82) is 0 Å². The third kappa shape index (κ3) is 3.85. The average molecular weight is 381 g/mol. The maximum atomic E-state index is 5.73. The van der Waals surface area contributed by atoms with Crippen molar-refractivity contribution in [1.82, 2.24) is 14.5 Å². The predicted octanol–water partition coefficient (Wildman–Crippen LogP) is 4.29. The molecule has 1 aromatic heterocycles. The number of nitrogens with zero attached hydrogens (tertiary/aromatic N) is 4. The molecule has 0 unspecified atom stereocenters. The number of anilines is 1. The van der Waals surface area contributed by atoms with Gasteiger partial charge in [-0.1, -0.05) is 51.3 Å². The molecule has 1 aliphatic rings. The fourth-order valence-electron chi connectivity index (χ4n) is 3.50. The topological polar surface area (TPSA) is 33.5 Å². The van der Waals surface area contributed by atoms with Crippen LogP contribution in [0.2, 0.25) is 0 Å². The molecule has 0 amide bonds. The van der Waals surface area contributed by atoms with Gasteiger partial charge in [-0.3, -0.25) is 0 Å². The molecule has 0 N–H and O–H groups in total. The largest absolute Gasteiger partial charge is 0.381 e. The molecular weight excluding hydrogens is 348 g/mol. The van der Waals surface area contributed by atoms with Crippen molar-refractivity contribution in [2.24, 2.45) is 0 Å². The van der Waals surface area contributed by atoms with Crippen molar-refractivity contribution in [2.75, 3.05) is 32.2 Å². The van der Waals surface area contributed by atoms with Crippen LogP contribution in [-0.2, 0) is 24.1 Å². The van der Waals surface area contributed by atoms with E-state index in [9.17, 15) is 0 Å². The van der Waals surface area contributed by atoms with Crippen LogP contribution in [0.15, 0.2) is 43.2 Å². The zero-order valence-electron chi connectivity index (χ0n) is 17.7. The maximum Gasteiger partial charge on any atom is 0.162 e. The van der Waals surface area contributed by atoms with Gasteiger partial charge >= 0.3 is 0 Å². The third-order valence-corrected chi connectivity index (χ3v) is 5.39. The van der Waals surface area contributed by atoms with Crippen LogP contribution >= 0.6 is 0 Å². The summed E-state index contributed by atoms with van der Waals surface area (Å²) in [6.45, 7) is 15.0. The van der Waals surface area contributed by atoms with Gasteiger partial charge in [0.05, 0.1) is 12.3 Å². The zero-order chi connectivity index (χ0) is 20.3. The van der Waals surface area contributed by atoms with Crippen LogP contribution in [0.3, 0.4) is 0 Å². The van der Waals surface area contributed by atoms with E-state index >= 15 is 0 Å². The van der Waals surface area contributed by atoms with E-state index in [1.165, 1.54) is 11.1 Å². The molecule has 0 bridgehead atoms. The Balaban J connectivity index is 1.98. The van der Waals surface area contributed by atoms with Crippen LogP contribution in [0.1, 0.15) is 42.9 Å². The number of aromatic nitrogens is 2. The van der Waals surface area contributed by atoms with Gasteiger partial charge in [-0.15, -0.1) is 0 Å². The van der Waals surface area contributed by atoms with Crippen LogP contribution in [0.25, 0.3) is 5.70 Å². The number of imidazole rings is 1. The molecule has 1 aliphatic heterocycles. The third-order valence-electron chi connectivity index (χ3n) is 5.39. The fraction of sp³-hybridized carbons (Fsp3) is 0.435. The van der Waals surface area contributed by atoms with Crippen LogP contribution < -0.4 is 4.90 Å². The van der Waals surface area contributed by atoms with E-state index in [0.717, 1.165) is 61.3 Å². The highest BCUT2D eigenvalue weighted by Crippen LogP contribution is 2.37. The minimum atomic E-state index is 0.672. The summed E-state index contributed by atoms with van der Waals surface area (Å²) < 4.78 is 8.02. The molecule has 0 radical (unpaired) electrons. The van der Waals surface area contributed by atoms with Crippen LogP contribution in [-0.4, -0.2) is 41.8 Å². The first-order chi connectivity index (χ1) is 13.5. The Hall–Kier alpha value is -2.53. The Labute approximate surface area is 168 Å². The van der Waals surface area contributed by atoms with Crippen molar-refractivity contribution in [3.05, 3.63) is 65.9 Å². The number of rotatable bonds is 8. The summed E-state index contributed by atoms with van der Waals surface area (Å²) in [6, 6.07) is 8.83. The normalized spacial score (nSPS) is 14.0. The van der Waals surface area contributed by atoms with Crippen LogP contribution in [0, 0.1) is 0 Å². The van der Waals surface area contributed by atoms with E-state index in [0.29, 0.717) is 6.61 Å². The van der Waals surface area contributed by atoms with Gasteiger partial charge in [-0.05, 0) is 24.0 Å². The van der Waals surface area contributed by atoms with Gasteiger partial charge < -0.3 is 19.1 Å². The van der Waals surface area contributed by atoms with E-state index in [1.807, 2.05) is 23.9 Å². The molecule has 1 aromatic carbocycles. The monoisotopic (exact) mass is 380 g/mol. The highest BCUT2D eigenvalue weighted by molar-refractivity contribution is 5.76. The highest BCUT2D eigenvalue weighted by atomic mass is 16.5. The first-order valence-corrected chi connectivity index (χ1v) is 10.1. The van der Waals surface area contributed by atoms with Gasteiger partial charge in [0.1, 0.15) is 17.3 Å². The van der Waals surface area contributed by atoms with Crippen molar-refractivity contribution in [2.45, 2.75) is 39.7 Å². The Bertz CT molecular complexity index is 850. The Morgan fingerprint density at radius 2 is 1.64 bits per heavy atom. The zero-order valence-corrected chi connectivity index (χ0v) is 17.7. The predicted molar refractivity (Wildman–Crippen MR) is 116 cm³/mol. The molecule has 28 heavy (non-hydrogen) atoms. The molecule has 2 heterocycles. The number of fused-ring (bicyclic) bond motifs is 1. The van der Waals surface area contributed by atoms with Gasteiger partial charge in [0.25, 0.3) is 0 Å². The molecule has 0 fully saturated rings.